The van der Waals surface area contributed by atoms with Crippen molar-refractivity contribution >= 4 is 23.2 Å². The van der Waals surface area contributed by atoms with E-state index in [1.54, 1.807) is 31.5 Å². The smallest absolute Gasteiger partial charge is 0.183 e. The molecule has 0 saturated heterocycles. The number of hydrogen-bond donors (Lipinski definition) is 0. The monoisotopic (exact) mass is 346 g/mol. The summed E-state index contributed by atoms with van der Waals surface area (Å²) < 4.78 is 11.0. The number of methoxy groups -OCH3 is 1. The molecule has 0 aliphatic rings. The number of aromatic nitrogens is 2. The first-order valence-electron chi connectivity index (χ1n) is 6.77. The van der Waals surface area contributed by atoms with Gasteiger partial charge < -0.3 is 9.47 Å². The Morgan fingerprint density at radius 2 is 1.65 bits per heavy atom. The molecule has 1 aromatic carbocycles. The standard InChI is InChI=1S/C17H12Cl2N2O2/c1-22-14-7-2-3-8-15(14)23-16-11(18)10-13(21-17(16)19)12-6-4-5-9-20-12/h2-10H,1H3. The number of halogens is 2. The SMILES string of the molecule is COc1ccccc1Oc1c(Cl)cc(-c2ccccn2)nc1Cl. The van der Waals surface area contributed by atoms with Gasteiger partial charge in [-0.2, -0.15) is 0 Å². The molecular weight excluding hydrogens is 335 g/mol. The van der Waals surface area contributed by atoms with Crippen LogP contribution in [0.4, 0.5) is 0 Å². The number of benzene rings is 1. The average Bonchev–Trinajstić information content (AvgIpc) is 2.59. The van der Waals surface area contributed by atoms with E-state index in [-0.39, 0.29) is 10.9 Å². The fourth-order valence-electron chi connectivity index (χ4n) is 2.02. The van der Waals surface area contributed by atoms with Gasteiger partial charge in [-0.15, -0.1) is 0 Å². The van der Waals surface area contributed by atoms with Gasteiger partial charge in [0.25, 0.3) is 0 Å². The number of pyridine rings is 2. The summed E-state index contributed by atoms with van der Waals surface area (Å²) in [6.45, 7) is 0. The van der Waals surface area contributed by atoms with Crippen LogP contribution in [0.25, 0.3) is 11.4 Å². The number of rotatable bonds is 4. The molecule has 3 aromatic rings. The van der Waals surface area contributed by atoms with Crippen LogP contribution in [0.1, 0.15) is 0 Å². The van der Waals surface area contributed by atoms with Gasteiger partial charge in [-0.1, -0.05) is 41.4 Å². The van der Waals surface area contributed by atoms with Crippen molar-refractivity contribution in [1.82, 2.24) is 9.97 Å². The first kappa shape index (κ1) is 15.6. The van der Waals surface area contributed by atoms with Crippen LogP contribution in [0.15, 0.2) is 54.7 Å². The van der Waals surface area contributed by atoms with Crippen LogP contribution >= 0.6 is 23.2 Å². The van der Waals surface area contributed by atoms with Gasteiger partial charge in [0.05, 0.1) is 23.5 Å². The highest BCUT2D eigenvalue weighted by Gasteiger charge is 2.15. The molecule has 3 rings (SSSR count). The second-order valence-electron chi connectivity index (χ2n) is 4.58. The fraction of sp³-hybridized carbons (Fsp3) is 0.0588. The minimum atomic E-state index is 0.157. The quantitative estimate of drug-likeness (QED) is 0.605. The van der Waals surface area contributed by atoms with Crippen LogP contribution in [0, 0.1) is 0 Å². The van der Waals surface area contributed by atoms with E-state index in [1.165, 1.54) is 0 Å². The van der Waals surface area contributed by atoms with Gasteiger partial charge in [-0.05, 0) is 30.3 Å². The van der Waals surface area contributed by atoms with Crippen LogP contribution in [-0.4, -0.2) is 17.1 Å². The lowest BCUT2D eigenvalue weighted by atomic mass is 10.2. The number of nitrogens with zero attached hydrogens (tertiary/aromatic N) is 2. The summed E-state index contributed by atoms with van der Waals surface area (Å²) >= 11 is 12.6. The number of hydrogen-bond acceptors (Lipinski definition) is 4. The molecule has 0 atom stereocenters. The van der Waals surface area contributed by atoms with Crippen molar-refractivity contribution in [3.05, 3.63) is 64.9 Å². The Balaban J connectivity index is 1.98. The Morgan fingerprint density at radius 1 is 0.913 bits per heavy atom. The maximum Gasteiger partial charge on any atom is 0.183 e. The van der Waals surface area contributed by atoms with Gasteiger partial charge in [0.1, 0.15) is 0 Å². The molecule has 0 N–H and O–H groups in total. The van der Waals surface area contributed by atoms with Crippen LogP contribution in [-0.2, 0) is 0 Å². The predicted molar refractivity (Wildman–Crippen MR) is 90.6 cm³/mol. The van der Waals surface area contributed by atoms with Crippen molar-refractivity contribution in [3.8, 4) is 28.6 Å². The summed E-state index contributed by atoms with van der Waals surface area (Å²) in [5.41, 5.74) is 1.26. The highest BCUT2D eigenvalue weighted by Crippen LogP contribution is 2.40. The fourth-order valence-corrected chi connectivity index (χ4v) is 2.53. The summed E-state index contributed by atoms with van der Waals surface area (Å²) in [6, 6.07) is 14.4. The van der Waals surface area contributed by atoms with Crippen LogP contribution in [0.5, 0.6) is 17.2 Å². The molecule has 2 aromatic heterocycles. The van der Waals surface area contributed by atoms with Gasteiger partial charge in [0.15, 0.2) is 22.4 Å². The Kier molecular flexibility index (Phi) is 4.65. The normalized spacial score (nSPS) is 10.4. The zero-order valence-electron chi connectivity index (χ0n) is 12.2. The Morgan fingerprint density at radius 3 is 2.30 bits per heavy atom. The summed E-state index contributed by atoms with van der Waals surface area (Å²) in [6.07, 6.45) is 1.68. The molecule has 23 heavy (non-hydrogen) atoms. The molecule has 0 fully saturated rings. The van der Waals surface area contributed by atoms with E-state index in [2.05, 4.69) is 9.97 Å². The highest BCUT2D eigenvalue weighted by molar-refractivity contribution is 6.36. The Labute approximate surface area is 143 Å². The number of para-hydroxylation sites is 2. The summed E-state index contributed by atoms with van der Waals surface area (Å²) in [7, 11) is 1.56. The van der Waals surface area contributed by atoms with Crippen molar-refractivity contribution < 1.29 is 9.47 Å². The molecule has 2 heterocycles. The van der Waals surface area contributed by atoms with Gasteiger partial charge in [0, 0.05) is 6.20 Å². The lowest BCUT2D eigenvalue weighted by Crippen LogP contribution is -1.94. The molecule has 0 unspecified atom stereocenters. The lowest BCUT2D eigenvalue weighted by molar-refractivity contribution is 0.378. The molecule has 4 nitrogen and oxygen atoms in total. The van der Waals surface area contributed by atoms with Crippen molar-refractivity contribution in [2.24, 2.45) is 0 Å². The molecule has 0 saturated carbocycles. The van der Waals surface area contributed by atoms with Crippen molar-refractivity contribution in [2.75, 3.05) is 7.11 Å². The summed E-state index contributed by atoms with van der Waals surface area (Å²) in [5, 5.41) is 0.501. The zero-order chi connectivity index (χ0) is 16.2. The van der Waals surface area contributed by atoms with Gasteiger partial charge in [0.2, 0.25) is 0 Å². The van der Waals surface area contributed by atoms with E-state index in [0.717, 1.165) is 0 Å². The minimum absolute atomic E-state index is 0.157. The predicted octanol–water partition coefficient (Wildman–Crippen LogP) is 5.25. The molecule has 0 aliphatic carbocycles. The third-order valence-electron chi connectivity index (χ3n) is 3.09. The first-order valence-corrected chi connectivity index (χ1v) is 7.53. The van der Waals surface area contributed by atoms with E-state index < -0.39 is 0 Å². The maximum atomic E-state index is 6.31. The van der Waals surface area contributed by atoms with E-state index in [0.29, 0.717) is 27.9 Å². The van der Waals surface area contributed by atoms with Gasteiger partial charge in [-0.3, -0.25) is 4.98 Å². The topological polar surface area (TPSA) is 44.2 Å². The molecule has 0 aliphatic heterocycles. The summed E-state index contributed by atoms with van der Waals surface area (Å²) in [5.74, 6) is 1.36. The second-order valence-corrected chi connectivity index (χ2v) is 5.34. The van der Waals surface area contributed by atoms with Crippen LogP contribution < -0.4 is 9.47 Å². The molecule has 0 amide bonds. The minimum Gasteiger partial charge on any atom is -0.493 e. The zero-order valence-corrected chi connectivity index (χ0v) is 13.7. The molecule has 6 heteroatoms. The van der Waals surface area contributed by atoms with Crippen molar-refractivity contribution in [1.29, 1.82) is 0 Å². The number of ether oxygens (including phenoxy) is 2. The molecule has 0 spiro atoms. The van der Waals surface area contributed by atoms with Crippen LogP contribution in [0.2, 0.25) is 10.2 Å². The third kappa shape index (κ3) is 3.38. The van der Waals surface area contributed by atoms with Gasteiger partial charge in [-0.25, -0.2) is 4.98 Å². The highest BCUT2D eigenvalue weighted by atomic mass is 35.5. The average molecular weight is 347 g/mol. The maximum absolute atomic E-state index is 6.31. The molecule has 116 valence electrons. The second kappa shape index (κ2) is 6.86. The van der Waals surface area contributed by atoms with E-state index in [4.69, 9.17) is 32.7 Å². The summed E-state index contributed by atoms with van der Waals surface area (Å²) in [4.78, 5) is 8.54. The van der Waals surface area contributed by atoms with Gasteiger partial charge >= 0.3 is 0 Å². The molecule has 0 bridgehead atoms. The Bertz CT molecular complexity index is 803. The first-order chi connectivity index (χ1) is 11.2. The Hall–Kier alpha value is -2.30. The molecular formula is C17H12Cl2N2O2. The van der Waals surface area contributed by atoms with E-state index in [9.17, 15) is 0 Å². The van der Waals surface area contributed by atoms with Crippen molar-refractivity contribution in [2.45, 2.75) is 0 Å². The lowest BCUT2D eigenvalue weighted by Gasteiger charge is -2.13. The van der Waals surface area contributed by atoms with Crippen molar-refractivity contribution in [3.63, 3.8) is 0 Å². The largest absolute Gasteiger partial charge is 0.493 e. The van der Waals surface area contributed by atoms with Crippen LogP contribution in [0.3, 0.4) is 0 Å². The van der Waals surface area contributed by atoms with E-state index in [1.807, 2.05) is 30.3 Å². The molecule has 0 radical (unpaired) electrons. The van der Waals surface area contributed by atoms with E-state index >= 15 is 0 Å². The third-order valence-corrected chi connectivity index (χ3v) is 3.63.